The van der Waals surface area contributed by atoms with Crippen LogP contribution in [0.4, 0.5) is 20.3 Å². The van der Waals surface area contributed by atoms with Crippen LogP contribution in [0.2, 0.25) is 5.02 Å². The predicted octanol–water partition coefficient (Wildman–Crippen LogP) is 5.36. The number of hydrogen-bond acceptors (Lipinski definition) is 6. The molecular weight excluding hydrogens is 554 g/mol. The first-order valence-corrected chi connectivity index (χ1v) is 14.3. The normalized spacial score (nSPS) is 24.2. The van der Waals surface area contributed by atoms with Crippen LogP contribution in [-0.2, 0) is 12.6 Å². The van der Waals surface area contributed by atoms with E-state index in [1.54, 1.807) is 36.5 Å². The molecule has 9 nitrogen and oxygen atoms in total. The van der Waals surface area contributed by atoms with Crippen molar-refractivity contribution in [2.75, 3.05) is 17.2 Å². The molecule has 0 aliphatic heterocycles. The van der Waals surface area contributed by atoms with Crippen LogP contribution in [0.5, 0.6) is 0 Å². The van der Waals surface area contributed by atoms with E-state index in [0.29, 0.717) is 42.8 Å². The van der Waals surface area contributed by atoms with E-state index in [9.17, 15) is 19.4 Å². The summed E-state index contributed by atoms with van der Waals surface area (Å²) in [5.41, 5.74) is -0.806. The maximum Gasteiger partial charge on any atom is 0.274 e. The second kappa shape index (κ2) is 10.7. The number of carbonyl (C=O) groups is 1. The number of carbonyl (C=O) groups excluding carboxylic acids is 1. The summed E-state index contributed by atoms with van der Waals surface area (Å²) in [6.07, 6.45) is 3.75. The fourth-order valence-corrected chi connectivity index (χ4v) is 6.67. The van der Waals surface area contributed by atoms with E-state index in [0.717, 1.165) is 0 Å². The number of anilines is 2. The number of aromatic nitrogens is 4. The van der Waals surface area contributed by atoms with E-state index in [1.165, 1.54) is 18.2 Å². The van der Waals surface area contributed by atoms with E-state index in [2.05, 4.69) is 20.7 Å². The molecule has 5 rings (SSSR count). The van der Waals surface area contributed by atoms with Gasteiger partial charge in [-0.1, -0.05) is 11.6 Å². The highest BCUT2D eigenvalue weighted by atomic mass is 35.5. The molecule has 2 aliphatic rings. The Hall–Kier alpha value is -3.02. The summed E-state index contributed by atoms with van der Waals surface area (Å²) in [5.74, 6) is -1.29. The van der Waals surface area contributed by atoms with Gasteiger partial charge in [-0.2, -0.15) is 5.10 Å². The van der Waals surface area contributed by atoms with Crippen LogP contribution in [0, 0.1) is 23.5 Å². The molecule has 0 bridgehead atoms. The number of aliphatic hydroxyl groups is 2. The molecule has 2 aliphatic carbocycles. The Morgan fingerprint density at radius 3 is 2.49 bits per heavy atom. The van der Waals surface area contributed by atoms with Crippen LogP contribution < -0.4 is 10.6 Å². The zero-order valence-corrected chi connectivity index (χ0v) is 24.6. The van der Waals surface area contributed by atoms with Crippen molar-refractivity contribution in [1.29, 1.82) is 0 Å². The maximum absolute atomic E-state index is 15.7. The van der Waals surface area contributed by atoms with Crippen molar-refractivity contribution in [3.05, 3.63) is 58.3 Å². The van der Waals surface area contributed by atoms with Gasteiger partial charge in [0.2, 0.25) is 0 Å². The van der Waals surface area contributed by atoms with Gasteiger partial charge in [0.15, 0.2) is 11.6 Å². The SMILES string of the molecule is CC(C)n1nc(NCC(C)(C)O)c(F)c1C1(O)CC2CC(c3ncn(C)c3C(=O)Nc3ccc(F)c(Cl)c3)CC2C1. The Bertz CT molecular complexity index is 1450. The predicted molar refractivity (Wildman–Crippen MR) is 152 cm³/mol. The van der Waals surface area contributed by atoms with E-state index in [4.69, 9.17) is 11.6 Å². The molecule has 2 heterocycles. The third-order valence-corrected chi connectivity index (χ3v) is 8.55. The lowest BCUT2D eigenvalue weighted by atomic mass is 9.89. The number of nitrogens with zero attached hydrogens (tertiary/aromatic N) is 4. The number of nitrogens with one attached hydrogen (secondary N) is 2. The van der Waals surface area contributed by atoms with Gasteiger partial charge in [-0.25, -0.2) is 13.8 Å². The van der Waals surface area contributed by atoms with Crippen LogP contribution in [0.3, 0.4) is 0 Å². The third-order valence-electron chi connectivity index (χ3n) is 8.26. The lowest BCUT2D eigenvalue weighted by Gasteiger charge is -2.27. The summed E-state index contributed by atoms with van der Waals surface area (Å²) in [5, 5.41) is 31.9. The molecule has 12 heteroatoms. The molecule has 4 N–H and O–H groups in total. The lowest BCUT2D eigenvalue weighted by Crippen LogP contribution is -2.30. The minimum atomic E-state index is -1.39. The van der Waals surface area contributed by atoms with E-state index < -0.39 is 22.8 Å². The number of benzene rings is 1. The monoisotopic (exact) mass is 590 g/mol. The molecule has 2 saturated carbocycles. The molecule has 0 saturated heterocycles. The second-order valence-corrected chi connectivity index (χ2v) is 12.9. The van der Waals surface area contributed by atoms with Crippen molar-refractivity contribution in [3.8, 4) is 0 Å². The summed E-state index contributed by atoms with van der Waals surface area (Å²) >= 11 is 5.88. The largest absolute Gasteiger partial charge is 0.389 e. The van der Waals surface area contributed by atoms with Gasteiger partial charge in [0, 0.05) is 31.2 Å². The van der Waals surface area contributed by atoms with Gasteiger partial charge in [-0.15, -0.1) is 0 Å². The van der Waals surface area contributed by atoms with Crippen LogP contribution in [0.25, 0.3) is 0 Å². The molecule has 2 aromatic heterocycles. The van der Waals surface area contributed by atoms with E-state index in [-0.39, 0.29) is 52.8 Å². The second-order valence-electron chi connectivity index (χ2n) is 12.5. The smallest absolute Gasteiger partial charge is 0.274 e. The Kier molecular flexibility index (Phi) is 7.67. The Morgan fingerprint density at radius 2 is 1.90 bits per heavy atom. The molecule has 3 aromatic rings. The van der Waals surface area contributed by atoms with Gasteiger partial charge in [-0.3, -0.25) is 9.48 Å². The van der Waals surface area contributed by atoms with Crippen molar-refractivity contribution in [3.63, 3.8) is 0 Å². The highest BCUT2D eigenvalue weighted by Gasteiger charge is 2.53. The standard InChI is InChI=1S/C29H37ClF2N6O3/c1-15(2)38-25(22(32)26(36-38)33-13-28(3,4)40)29(41)11-17-8-16(9-18(17)12-29)23-24(37(5)14-34-23)27(39)35-19-6-7-21(31)20(30)10-19/h6-7,10,14-18,40-41H,8-9,11-13H2,1-5H3,(H,33,36)(H,35,39). The third kappa shape index (κ3) is 5.72. The Morgan fingerprint density at radius 1 is 1.24 bits per heavy atom. The molecule has 1 amide bonds. The molecular formula is C29H37ClF2N6O3. The van der Waals surface area contributed by atoms with Crippen LogP contribution in [0.1, 0.15) is 87.2 Å². The topological polar surface area (TPSA) is 117 Å². The van der Waals surface area contributed by atoms with Gasteiger partial charge < -0.3 is 25.4 Å². The average molecular weight is 591 g/mol. The number of halogens is 3. The molecule has 2 fully saturated rings. The number of fused-ring (bicyclic) bond motifs is 1. The summed E-state index contributed by atoms with van der Waals surface area (Å²) in [4.78, 5) is 17.8. The summed E-state index contributed by atoms with van der Waals surface area (Å²) in [6, 6.07) is 3.82. The van der Waals surface area contributed by atoms with Crippen LogP contribution in [-0.4, -0.2) is 47.6 Å². The molecule has 41 heavy (non-hydrogen) atoms. The highest BCUT2D eigenvalue weighted by Crippen LogP contribution is 2.57. The summed E-state index contributed by atoms with van der Waals surface area (Å²) in [7, 11) is 1.75. The van der Waals surface area contributed by atoms with E-state index >= 15 is 4.39 Å². The molecule has 0 radical (unpaired) electrons. The Balaban J connectivity index is 1.34. The van der Waals surface area contributed by atoms with Gasteiger partial charge in [-0.05, 0) is 83.4 Å². The molecule has 2 atom stereocenters. The fraction of sp³-hybridized carbons (Fsp3) is 0.552. The average Bonchev–Trinajstić information content (AvgIpc) is 3.60. The van der Waals surface area contributed by atoms with Gasteiger partial charge >= 0.3 is 0 Å². The number of aryl methyl sites for hydroxylation is 1. The van der Waals surface area contributed by atoms with Crippen molar-refractivity contribution in [2.24, 2.45) is 18.9 Å². The number of hydrogen-bond donors (Lipinski definition) is 4. The Labute approximate surface area is 242 Å². The first-order chi connectivity index (χ1) is 19.2. The van der Waals surface area contributed by atoms with Gasteiger partial charge in [0.1, 0.15) is 22.8 Å². The molecule has 0 spiro atoms. The zero-order chi connectivity index (χ0) is 29.9. The number of amides is 1. The maximum atomic E-state index is 15.7. The van der Waals surface area contributed by atoms with Crippen molar-refractivity contribution in [1.82, 2.24) is 19.3 Å². The van der Waals surface area contributed by atoms with Gasteiger partial charge in [0.05, 0.1) is 22.6 Å². The minimum Gasteiger partial charge on any atom is -0.389 e. The summed E-state index contributed by atoms with van der Waals surface area (Å²) < 4.78 is 32.5. The van der Waals surface area contributed by atoms with Crippen LogP contribution in [0.15, 0.2) is 24.5 Å². The number of rotatable bonds is 8. The first kappa shape index (κ1) is 29.5. The summed E-state index contributed by atoms with van der Waals surface area (Å²) in [6.45, 7) is 7.12. The van der Waals surface area contributed by atoms with Gasteiger partial charge in [0.25, 0.3) is 5.91 Å². The number of imidazole rings is 1. The minimum absolute atomic E-state index is 0.00262. The quantitative estimate of drug-likeness (QED) is 0.281. The zero-order valence-electron chi connectivity index (χ0n) is 23.9. The fourth-order valence-electron chi connectivity index (χ4n) is 6.49. The highest BCUT2D eigenvalue weighted by molar-refractivity contribution is 6.31. The first-order valence-electron chi connectivity index (χ1n) is 13.9. The van der Waals surface area contributed by atoms with Crippen LogP contribution >= 0.6 is 11.6 Å². The lowest BCUT2D eigenvalue weighted by molar-refractivity contribution is 0.0206. The van der Waals surface area contributed by atoms with Crippen molar-refractivity contribution < 1.29 is 23.8 Å². The van der Waals surface area contributed by atoms with Crippen molar-refractivity contribution in [2.45, 2.75) is 76.5 Å². The van der Waals surface area contributed by atoms with E-state index in [1.807, 2.05) is 13.8 Å². The molecule has 222 valence electrons. The van der Waals surface area contributed by atoms with Crippen molar-refractivity contribution >= 4 is 29.0 Å². The molecule has 1 aromatic carbocycles. The molecule has 2 unspecified atom stereocenters.